The molecular weight excluding hydrogens is 1620 g/mol. The van der Waals surface area contributed by atoms with Crippen molar-refractivity contribution in [3.05, 3.63) is 0 Å². The third-order valence-corrected chi connectivity index (χ3v) is 34.3. The lowest BCUT2D eigenvalue weighted by Crippen LogP contribution is -2.64. The van der Waals surface area contributed by atoms with Gasteiger partial charge >= 0.3 is 5.97 Å². The van der Waals surface area contributed by atoms with E-state index >= 15 is 4.79 Å². The molecule has 0 fully saturated rings. The second kappa shape index (κ2) is 107. The van der Waals surface area contributed by atoms with Crippen molar-refractivity contribution in [3.63, 3.8) is 0 Å². The number of unbranched alkanes of at least 4 members (excludes halogenated alkanes) is 91. The standard InChI is InChI=1S/C132H264O2/c1-13-21-29-37-45-53-68-80-92-104-116-129(117-105-93-81-69-54-46-38-30-22-14-2,118-106-94-82-76-67-79-91-103-115-127(11)12)131(121-109-97-85-72-57-49-41-33-25-17-5,122-110-98-86-73-58-50-42-34-26-18-6)132(123-111-99-87-74-59-51-43-35-27-19-7,124-112-100-88-75-60-52-44-36-28-20-8)130(119-107-95-83-70-55-47-39-31-23-15-3,120-108-96-84-71-56-48-40-32-24-16-4)128(133)134-125-113-101-89-77-65-63-61-62-64-66-78-90-102-114-126(9)10/h126-127H,13-125H2,1-12H3. The van der Waals surface area contributed by atoms with Gasteiger partial charge in [-0.3, -0.25) is 4.79 Å². The second-order valence-corrected chi connectivity index (χ2v) is 47.7. The number of ether oxygens (including phenoxy) is 1. The van der Waals surface area contributed by atoms with Crippen molar-refractivity contribution >= 4 is 5.97 Å². The molecule has 0 atom stereocenters. The lowest BCUT2D eigenvalue weighted by atomic mass is 9.35. The first-order chi connectivity index (χ1) is 66.0. The molecule has 0 aliphatic heterocycles. The summed E-state index contributed by atoms with van der Waals surface area (Å²) in [6, 6.07) is 0. The number of rotatable bonds is 119. The normalized spacial score (nSPS) is 12.4. The minimum atomic E-state index is -0.507. The van der Waals surface area contributed by atoms with Crippen molar-refractivity contribution in [2.24, 2.45) is 33.5 Å². The van der Waals surface area contributed by atoms with E-state index in [1.807, 2.05) is 0 Å². The first kappa shape index (κ1) is 133. The molecule has 0 amide bonds. The SMILES string of the molecule is CCCCCCCCCCCCC(CCCCCCCCCCCC)(CCCCCCCCCCC(C)C)C(CCCCCCCCCCCC)(CCCCCCCCCCCC)C(CCCCCCCCCCCC)(CCCCCCCCCCCC)C(CCCCCCCCCCCC)(CCCCCCCCCCCC)C(=O)OCCCCCCCCCCCCCCCC(C)C. The van der Waals surface area contributed by atoms with Crippen molar-refractivity contribution < 1.29 is 9.53 Å². The number of carbonyl (C=O) groups excluding carboxylic acids is 1. The molecule has 0 aliphatic rings. The number of hydrogen-bond donors (Lipinski definition) is 0. The first-order valence-electron chi connectivity index (χ1n) is 65.2. The van der Waals surface area contributed by atoms with Crippen LogP contribution in [0.3, 0.4) is 0 Å². The van der Waals surface area contributed by atoms with Crippen molar-refractivity contribution in [2.45, 2.75) is 802 Å². The molecule has 2 nitrogen and oxygen atoms in total. The summed E-state index contributed by atoms with van der Waals surface area (Å²) in [5.74, 6) is 2.07. The van der Waals surface area contributed by atoms with Gasteiger partial charge in [-0.2, -0.15) is 0 Å². The van der Waals surface area contributed by atoms with E-state index in [-0.39, 0.29) is 16.2 Å². The molecule has 0 saturated carbocycles. The van der Waals surface area contributed by atoms with Crippen LogP contribution in [0.15, 0.2) is 0 Å². The van der Waals surface area contributed by atoms with Gasteiger partial charge in [-0.1, -0.05) is 738 Å². The molecular formula is C132H264O2. The highest BCUT2D eigenvalue weighted by atomic mass is 16.5. The van der Waals surface area contributed by atoms with Crippen LogP contribution in [-0.4, -0.2) is 12.6 Å². The molecule has 2 heteroatoms. The van der Waals surface area contributed by atoms with E-state index in [9.17, 15) is 0 Å². The van der Waals surface area contributed by atoms with Crippen LogP contribution in [0.25, 0.3) is 0 Å². The van der Waals surface area contributed by atoms with Crippen LogP contribution in [0.1, 0.15) is 802 Å². The van der Waals surface area contributed by atoms with Gasteiger partial charge in [-0.15, -0.1) is 0 Å². The van der Waals surface area contributed by atoms with Gasteiger partial charge in [0.15, 0.2) is 0 Å². The molecule has 0 rings (SSSR count). The molecule has 0 aromatic heterocycles. The second-order valence-electron chi connectivity index (χ2n) is 47.7. The van der Waals surface area contributed by atoms with Crippen LogP contribution in [0.4, 0.5) is 0 Å². The van der Waals surface area contributed by atoms with Crippen LogP contribution in [0.2, 0.25) is 0 Å². The Morgan fingerprint density at radius 3 is 0.463 bits per heavy atom. The van der Waals surface area contributed by atoms with Crippen LogP contribution in [0, 0.1) is 33.5 Å². The van der Waals surface area contributed by atoms with Crippen molar-refractivity contribution in [3.8, 4) is 0 Å². The summed E-state index contributed by atoms with van der Waals surface area (Å²) in [6.07, 6.45) is 156. The van der Waals surface area contributed by atoms with Crippen LogP contribution in [0.5, 0.6) is 0 Å². The largest absolute Gasteiger partial charge is 0.465 e. The molecule has 0 N–H and O–H groups in total. The molecule has 0 unspecified atom stereocenters. The van der Waals surface area contributed by atoms with Gasteiger partial charge in [0.1, 0.15) is 0 Å². The first-order valence-corrected chi connectivity index (χ1v) is 65.2. The molecule has 0 aromatic carbocycles. The van der Waals surface area contributed by atoms with Gasteiger partial charge in [-0.05, 0) is 92.3 Å². The Bertz CT molecular complexity index is 2070. The lowest BCUT2D eigenvalue weighted by molar-refractivity contribution is -0.218. The fourth-order valence-electron chi connectivity index (χ4n) is 25.6. The highest BCUT2D eigenvalue weighted by Crippen LogP contribution is 2.74. The van der Waals surface area contributed by atoms with Gasteiger partial charge in [0.25, 0.3) is 0 Å². The zero-order valence-electron chi connectivity index (χ0n) is 96.4. The molecule has 0 heterocycles. The lowest BCUT2D eigenvalue weighted by Gasteiger charge is -2.68. The fraction of sp³-hybridized carbons (Fsp3) is 0.992. The van der Waals surface area contributed by atoms with Crippen molar-refractivity contribution in [1.29, 1.82) is 0 Å². The van der Waals surface area contributed by atoms with E-state index in [4.69, 9.17) is 4.74 Å². The van der Waals surface area contributed by atoms with E-state index in [0.29, 0.717) is 12.6 Å². The Hall–Kier alpha value is -0.530. The predicted molar refractivity (Wildman–Crippen MR) is 613 cm³/mol. The van der Waals surface area contributed by atoms with Crippen molar-refractivity contribution in [1.82, 2.24) is 0 Å². The van der Waals surface area contributed by atoms with Gasteiger partial charge in [0, 0.05) is 0 Å². The summed E-state index contributed by atoms with van der Waals surface area (Å²) < 4.78 is 7.90. The van der Waals surface area contributed by atoms with E-state index in [0.717, 1.165) is 31.1 Å². The Morgan fingerprint density at radius 1 is 0.157 bits per heavy atom. The minimum absolute atomic E-state index is 0.0390. The Labute approximate surface area is 852 Å². The summed E-state index contributed by atoms with van der Waals surface area (Å²) in [7, 11) is 0. The Kier molecular flexibility index (Phi) is 106. The highest BCUT2D eigenvalue weighted by Gasteiger charge is 2.69. The maximum Gasteiger partial charge on any atom is 0.312 e. The maximum atomic E-state index is 18.6. The van der Waals surface area contributed by atoms with E-state index in [1.54, 1.807) is 0 Å². The summed E-state index contributed by atoms with van der Waals surface area (Å²) in [6.45, 7) is 29.6. The topological polar surface area (TPSA) is 26.3 Å². The quantitative estimate of drug-likeness (QED) is 0.0448. The van der Waals surface area contributed by atoms with E-state index in [2.05, 4.69) is 83.1 Å². The smallest absolute Gasteiger partial charge is 0.312 e. The van der Waals surface area contributed by atoms with E-state index in [1.165, 1.54) is 700 Å². The highest BCUT2D eigenvalue weighted by molar-refractivity contribution is 5.78. The average molecular weight is 1880 g/mol. The zero-order valence-corrected chi connectivity index (χ0v) is 96.4. The van der Waals surface area contributed by atoms with E-state index < -0.39 is 5.41 Å². The zero-order chi connectivity index (χ0) is 97.3. The van der Waals surface area contributed by atoms with Gasteiger partial charge in [0.2, 0.25) is 0 Å². The van der Waals surface area contributed by atoms with Crippen LogP contribution >= 0.6 is 0 Å². The molecule has 0 aromatic rings. The van der Waals surface area contributed by atoms with Gasteiger partial charge in [0.05, 0.1) is 12.0 Å². The number of esters is 1. The molecule has 0 spiro atoms. The summed E-state index contributed by atoms with van der Waals surface area (Å²) >= 11 is 0. The molecule has 0 aliphatic carbocycles. The van der Waals surface area contributed by atoms with Crippen molar-refractivity contribution in [2.75, 3.05) is 6.61 Å². The minimum Gasteiger partial charge on any atom is -0.465 e. The monoisotopic (exact) mass is 1880 g/mol. The summed E-state index contributed by atoms with van der Waals surface area (Å²) in [5.41, 5.74) is -0.437. The molecule has 0 saturated heterocycles. The predicted octanol–water partition coefficient (Wildman–Crippen LogP) is 49.6. The average Bonchev–Trinajstić information content (AvgIpc) is 0.688. The third-order valence-electron chi connectivity index (χ3n) is 34.3. The summed E-state index contributed by atoms with van der Waals surface area (Å²) in [5, 5.41) is 0. The summed E-state index contributed by atoms with van der Waals surface area (Å²) in [4.78, 5) is 18.6. The molecule has 0 radical (unpaired) electrons. The molecule has 804 valence electrons. The molecule has 0 bridgehead atoms. The number of hydrogen-bond acceptors (Lipinski definition) is 2. The maximum absolute atomic E-state index is 18.6. The fourth-order valence-corrected chi connectivity index (χ4v) is 25.6. The number of carbonyl (C=O) groups is 1. The van der Waals surface area contributed by atoms with Crippen LogP contribution in [-0.2, 0) is 9.53 Å². The Balaban J connectivity index is 10.3. The third kappa shape index (κ3) is 77.9. The van der Waals surface area contributed by atoms with Crippen LogP contribution < -0.4 is 0 Å². The van der Waals surface area contributed by atoms with Gasteiger partial charge < -0.3 is 4.74 Å². The Morgan fingerprint density at radius 2 is 0.291 bits per heavy atom. The molecule has 134 heavy (non-hydrogen) atoms. The van der Waals surface area contributed by atoms with Gasteiger partial charge in [-0.25, -0.2) is 0 Å².